The van der Waals surface area contributed by atoms with Crippen molar-refractivity contribution in [2.45, 2.75) is 290 Å². The molecule has 0 radical (unpaired) electrons. The molecule has 0 aliphatic carbocycles. The zero-order chi connectivity index (χ0) is 54.1. The third kappa shape index (κ3) is 54.0. The Bertz CT molecular complexity index is 1470. The average Bonchev–Trinajstić information content (AvgIpc) is 3.39. The van der Waals surface area contributed by atoms with Gasteiger partial charge in [-0.3, -0.25) is 23.4 Å². The van der Waals surface area contributed by atoms with E-state index in [1.807, 2.05) is 0 Å². The quantitative estimate of drug-likeness (QED) is 0.0197. The number of allylic oxidation sites excluding steroid dienone is 10. The third-order valence-electron chi connectivity index (χ3n) is 12.9. The van der Waals surface area contributed by atoms with Crippen LogP contribution in [-0.2, 0) is 42.2 Å². The molecule has 3 atom stereocenters. The maximum absolute atomic E-state index is 12.9. The van der Waals surface area contributed by atoms with Crippen molar-refractivity contribution in [1.82, 2.24) is 0 Å². The summed E-state index contributed by atoms with van der Waals surface area (Å²) in [6.07, 6.45) is 61.7. The van der Waals surface area contributed by atoms with E-state index in [4.69, 9.17) is 23.3 Å². The Labute approximate surface area is 453 Å². The number of rotatable bonds is 56. The van der Waals surface area contributed by atoms with Gasteiger partial charge in [0.1, 0.15) is 12.7 Å². The van der Waals surface area contributed by atoms with Crippen LogP contribution in [0.2, 0.25) is 0 Å². The van der Waals surface area contributed by atoms with E-state index in [1.54, 1.807) is 0 Å². The highest BCUT2D eigenvalue weighted by atomic mass is 31.2. The lowest BCUT2D eigenvalue weighted by Gasteiger charge is -2.21. The molecule has 0 aromatic rings. The van der Waals surface area contributed by atoms with E-state index in [1.165, 1.54) is 103 Å². The largest absolute Gasteiger partial charge is 0.472 e. The minimum atomic E-state index is -4.75. The summed E-state index contributed by atoms with van der Waals surface area (Å²) in [5, 5.41) is 9.80. The highest BCUT2D eigenvalue weighted by Crippen LogP contribution is 2.43. The summed E-state index contributed by atoms with van der Waals surface area (Å²) in [7, 11) is -4.75. The van der Waals surface area contributed by atoms with Crippen LogP contribution < -0.4 is 0 Å². The molecule has 3 unspecified atom stereocenters. The van der Waals surface area contributed by atoms with E-state index < -0.39 is 57.8 Å². The normalized spacial score (nSPS) is 13.7. The summed E-state index contributed by atoms with van der Waals surface area (Å²) < 4.78 is 39.6. The van der Waals surface area contributed by atoms with E-state index >= 15 is 0 Å². The van der Waals surface area contributed by atoms with E-state index in [2.05, 4.69) is 81.5 Å². The molecule has 11 nitrogen and oxygen atoms in total. The number of aliphatic hydroxyl groups is 1. The van der Waals surface area contributed by atoms with Gasteiger partial charge >= 0.3 is 25.7 Å². The van der Waals surface area contributed by atoms with Crippen LogP contribution in [0.1, 0.15) is 278 Å². The zero-order valence-electron chi connectivity index (χ0n) is 47.6. The van der Waals surface area contributed by atoms with Crippen molar-refractivity contribution in [1.29, 1.82) is 0 Å². The molecule has 2 N–H and O–H groups in total. The molecule has 0 aliphatic rings. The van der Waals surface area contributed by atoms with E-state index in [0.29, 0.717) is 19.3 Å². The highest BCUT2D eigenvalue weighted by Gasteiger charge is 2.28. The fourth-order valence-corrected chi connectivity index (χ4v) is 9.13. The molecule has 0 bridgehead atoms. The van der Waals surface area contributed by atoms with Crippen LogP contribution in [0.5, 0.6) is 0 Å². The predicted octanol–water partition coefficient (Wildman–Crippen LogP) is 17.9. The Morgan fingerprint density at radius 2 is 0.703 bits per heavy atom. The highest BCUT2D eigenvalue weighted by molar-refractivity contribution is 7.47. The number of aliphatic hydroxyl groups excluding tert-OH is 1. The maximum Gasteiger partial charge on any atom is 0.472 e. The number of unbranched alkanes of at least 4 members (excludes halogenated alkanes) is 29. The van der Waals surface area contributed by atoms with Gasteiger partial charge < -0.3 is 24.2 Å². The van der Waals surface area contributed by atoms with Crippen molar-refractivity contribution in [3.05, 3.63) is 60.8 Å². The molecule has 430 valence electrons. The van der Waals surface area contributed by atoms with Gasteiger partial charge in [-0.1, -0.05) is 236 Å². The number of phosphoric ester groups is 1. The molecule has 74 heavy (non-hydrogen) atoms. The average molecular weight is 1060 g/mol. The van der Waals surface area contributed by atoms with Crippen molar-refractivity contribution in [3.63, 3.8) is 0 Å². The van der Waals surface area contributed by atoms with Crippen molar-refractivity contribution in [2.24, 2.45) is 0 Å². The monoisotopic (exact) mass is 1060 g/mol. The summed E-state index contributed by atoms with van der Waals surface area (Å²) in [5.74, 6) is -1.47. The van der Waals surface area contributed by atoms with Gasteiger partial charge in [-0.15, -0.1) is 0 Å². The first-order valence-electron chi connectivity index (χ1n) is 30.2. The molecule has 0 saturated carbocycles. The van der Waals surface area contributed by atoms with Crippen LogP contribution >= 0.6 is 7.82 Å². The van der Waals surface area contributed by atoms with Crippen molar-refractivity contribution >= 4 is 25.7 Å². The summed E-state index contributed by atoms with van der Waals surface area (Å²) in [5.41, 5.74) is 0. The van der Waals surface area contributed by atoms with E-state index in [-0.39, 0.29) is 25.9 Å². The van der Waals surface area contributed by atoms with Crippen LogP contribution in [0.25, 0.3) is 0 Å². The van der Waals surface area contributed by atoms with Gasteiger partial charge in [-0.05, 0) is 83.5 Å². The summed E-state index contributed by atoms with van der Waals surface area (Å²) >= 11 is 0. The zero-order valence-corrected chi connectivity index (χ0v) is 48.5. The minimum Gasteiger partial charge on any atom is -0.462 e. The fourth-order valence-electron chi connectivity index (χ4n) is 8.34. The van der Waals surface area contributed by atoms with Gasteiger partial charge in [0.2, 0.25) is 0 Å². The fraction of sp³-hybridized carbons (Fsp3) is 0.790. The second kappa shape index (κ2) is 56.4. The third-order valence-corrected chi connectivity index (χ3v) is 13.9. The van der Waals surface area contributed by atoms with Crippen molar-refractivity contribution < 1.29 is 52.2 Å². The topological polar surface area (TPSA) is 155 Å². The number of carbonyl (C=O) groups is 3. The smallest absolute Gasteiger partial charge is 0.462 e. The second-order valence-electron chi connectivity index (χ2n) is 20.1. The number of ether oxygens (including phenoxy) is 3. The Morgan fingerprint density at radius 3 is 1.09 bits per heavy atom. The Balaban J connectivity index is 4.73. The standard InChI is InChI=1S/C62H111O11P/c1-4-7-10-13-16-19-22-24-26-28-29-31-32-34-37-39-42-45-48-51-60(64)69-55-59(73-62(66)53-50-47-44-41-38-35-33-30-27-25-23-20-17-14-11-8-5-2)57-71-74(67,68)70-56-58(54-63)72-61(65)52-49-46-43-40-36-21-18-15-12-9-6-3/h7,10,16,19,24-27,29,31,58-59,63H,4-6,8-9,11-15,17-18,20-23,28,30,32-57H2,1-3H3,(H,67,68)/b10-7-,19-16-,26-24-,27-25-,31-29-. The molecule has 0 fully saturated rings. The SMILES string of the molecule is CC/C=C\C/C=C\C/C=C\C/C=C\CCCCCCCCC(=O)OCC(COP(=O)(O)OCC(CO)OC(=O)CCCCCCCCCCCCC)OC(=O)CCCCCCCCC/C=C\CCCCCCCC. The van der Waals surface area contributed by atoms with Crippen LogP contribution in [0.4, 0.5) is 0 Å². The van der Waals surface area contributed by atoms with Gasteiger partial charge in [-0.25, -0.2) is 4.57 Å². The first kappa shape index (κ1) is 71.2. The molecular weight excluding hydrogens is 952 g/mol. The van der Waals surface area contributed by atoms with Crippen LogP contribution in [0, 0.1) is 0 Å². The van der Waals surface area contributed by atoms with Crippen molar-refractivity contribution in [3.8, 4) is 0 Å². The molecular formula is C62H111O11P. The Morgan fingerprint density at radius 1 is 0.392 bits per heavy atom. The van der Waals surface area contributed by atoms with Gasteiger partial charge in [0.25, 0.3) is 0 Å². The number of hydrogen-bond donors (Lipinski definition) is 2. The molecule has 0 aromatic carbocycles. The predicted molar refractivity (Wildman–Crippen MR) is 307 cm³/mol. The number of hydrogen-bond acceptors (Lipinski definition) is 10. The van der Waals surface area contributed by atoms with Crippen LogP contribution in [-0.4, -0.2) is 66.5 Å². The van der Waals surface area contributed by atoms with Gasteiger partial charge in [0, 0.05) is 19.3 Å². The molecule has 0 rings (SSSR count). The lowest BCUT2D eigenvalue weighted by Crippen LogP contribution is -2.30. The lowest BCUT2D eigenvalue weighted by molar-refractivity contribution is -0.161. The molecule has 0 heterocycles. The van der Waals surface area contributed by atoms with Gasteiger partial charge in [-0.2, -0.15) is 0 Å². The van der Waals surface area contributed by atoms with Gasteiger partial charge in [0.15, 0.2) is 6.10 Å². The number of phosphoric acid groups is 1. The molecule has 0 spiro atoms. The summed E-state index contributed by atoms with van der Waals surface area (Å²) in [6, 6.07) is 0. The maximum atomic E-state index is 12.9. The molecule has 12 heteroatoms. The van der Waals surface area contributed by atoms with E-state index in [0.717, 1.165) is 116 Å². The van der Waals surface area contributed by atoms with Gasteiger partial charge in [0.05, 0.1) is 19.8 Å². The molecule has 0 saturated heterocycles. The summed E-state index contributed by atoms with van der Waals surface area (Å²) in [4.78, 5) is 48.6. The van der Waals surface area contributed by atoms with Crippen molar-refractivity contribution in [2.75, 3.05) is 26.4 Å². The van der Waals surface area contributed by atoms with Crippen LogP contribution in [0.3, 0.4) is 0 Å². The Kier molecular flexibility index (Phi) is 54.2. The molecule has 0 aromatic heterocycles. The first-order chi connectivity index (χ1) is 36.2. The molecule has 0 aliphatic heterocycles. The van der Waals surface area contributed by atoms with E-state index in [9.17, 15) is 28.9 Å². The Hall–Kier alpha value is -2.82. The number of esters is 3. The van der Waals surface area contributed by atoms with Crippen LogP contribution in [0.15, 0.2) is 60.8 Å². The molecule has 0 amide bonds. The minimum absolute atomic E-state index is 0.160. The number of carbonyl (C=O) groups excluding carboxylic acids is 3. The lowest BCUT2D eigenvalue weighted by atomic mass is 10.1. The summed E-state index contributed by atoms with van der Waals surface area (Å²) in [6.45, 7) is 4.53. The first-order valence-corrected chi connectivity index (χ1v) is 31.7. The second-order valence-corrected chi connectivity index (χ2v) is 21.6.